The van der Waals surface area contributed by atoms with Gasteiger partial charge in [0.15, 0.2) is 0 Å². The van der Waals surface area contributed by atoms with Gasteiger partial charge >= 0.3 is 5.97 Å². The van der Waals surface area contributed by atoms with Gasteiger partial charge in [0.25, 0.3) is 0 Å². The zero-order valence-corrected chi connectivity index (χ0v) is 10.8. The highest BCUT2D eigenvalue weighted by Crippen LogP contribution is 2.08. The van der Waals surface area contributed by atoms with Crippen LogP contribution in [0.15, 0.2) is 49.1 Å². The van der Waals surface area contributed by atoms with E-state index in [4.69, 9.17) is 4.74 Å². The van der Waals surface area contributed by atoms with Crippen LogP contribution in [0.25, 0.3) is 6.08 Å². The molecule has 0 aliphatic rings. The molecule has 0 N–H and O–H groups in total. The Kier molecular flexibility index (Phi) is 4.50. The Morgan fingerprint density at radius 3 is 2.79 bits per heavy atom. The molecule has 0 aliphatic carbocycles. The quantitative estimate of drug-likeness (QED) is 0.610. The van der Waals surface area contributed by atoms with Crippen molar-refractivity contribution in [2.45, 2.75) is 13.5 Å². The molecule has 1 aromatic heterocycles. The Bertz CT molecular complexity index is 542. The second-order valence-electron chi connectivity index (χ2n) is 4.06. The highest BCUT2D eigenvalue weighted by Gasteiger charge is 1.96. The summed E-state index contributed by atoms with van der Waals surface area (Å²) < 4.78 is 6.82. The molecule has 0 atom stereocenters. The summed E-state index contributed by atoms with van der Waals surface area (Å²) in [4.78, 5) is 15.2. The number of carbonyl (C=O) groups excluding carboxylic acids is 1. The van der Waals surface area contributed by atoms with Crippen molar-refractivity contribution in [3.05, 3.63) is 60.2 Å². The second kappa shape index (κ2) is 6.54. The number of rotatable bonds is 5. The van der Waals surface area contributed by atoms with E-state index in [1.54, 1.807) is 25.5 Å². The van der Waals surface area contributed by atoms with Crippen LogP contribution < -0.4 is 0 Å². The Hall–Kier alpha value is -2.36. The summed E-state index contributed by atoms with van der Waals surface area (Å²) in [5.74, 6) is -0.315. The van der Waals surface area contributed by atoms with E-state index in [0.29, 0.717) is 6.61 Å². The fourth-order valence-corrected chi connectivity index (χ4v) is 1.68. The minimum atomic E-state index is -0.315. The molecule has 0 fully saturated rings. The zero-order chi connectivity index (χ0) is 13.5. The number of hydrogen-bond donors (Lipinski definition) is 0. The van der Waals surface area contributed by atoms with Crippen LogP contribution in [0.4, 0.5) is 0 Å². The number of imidazole rings is 1. The van der Waals surface area contributed by atoms with Crippen LogP contribution in [0.5, 0.6) is 0 Å². The van der Waals surface area contributed by atoms with Gasteiger partial charge in [-0.25, -0.2) is 9.78 Å². The normalized spacial score (nSPS) is 10.8. The zero-order valence-electron chi connectivity index (χ0n) is 10.8. The lowest BCUT2D eigenvalue weighted by Crippen LogP contribution is -1.98. The summed E-state index contributed by atoms with van der Waals surface area (Å²) in [6.45, 7) is 2.98. The van der Waals surface area contributed by atoms with Crippen molar-refractivity contribution in [3.8, 4) is 0 Å². The Labute approximate surface area is 112 Å². The molecule has 2 rings (SSSR count). The van der Waals surface area contributed by atoms with Crippen LogP contribution in [-0.2, 0) is 16.1 Å². The van der Waals surface area contributed by atoms with Crippen molar-refractivity contribution >= 4 is 12.0 Å². The lowest BCUT2D eigenvalue weighted by atomic mass is 10.1. The first-order chi connectivity index (χ1) is 9.28. The maximum Gasteiger partial charge on any atom is 0.330 e. The second-order valence-corrected chi connectivity index (χ2v) is 4.06. The van der Waals surface area contributed by atoms with E-state index in [2.05, 4.69) is 4.98 Å². The maximum atomic E-state index is 11.2. The summed E-state index contributed by atoms with van der Waals surface area (Å²) in [6.07, 6.45) is 8.66. The molecule has 4 heteroatoms. The minimum absolute atomic E-state index is 0.315. The fourth-order valence-electron chi connectivity index (χ4n) is 1.68. The Morgan fingerprint density at radius 1 is 1.37 bits per heavy atom. The summed E-state index contributed by atoms with van der Waals surface area (Å²) >= 11 is 0. The van der Waals surface area contributed by atoms with Crippen LogP contribution in [0.2, 0.25) is 0 Å². The number of ether oxygens (including phenoxy) is 1. The molecule has 98 valence electrons. The van der Waals surface area contributed by atoms with Gasteiger partial charge < -0.3 is 9.30 Å². The van der Waals surface area contributed by atoms with E-state index in [-0.39, 0.29) is 5.97 Å². The molecule has 0 spiro atoms. The third kappa shape index (κ3) is 4.10. The lowest BCUT2D eigenvalue weighted by Gasteiger charge is -2.02. The van der Waals surface area contributed by atoms with E-state index in [9.17, 15) is 4.79 Å². The van der Waals surface area contributed by atoms with E-state index < -0.39 is 0 Å². The van der Waals surface area contributed by atoms with Crippen molar-refractivity contribution in [1.82, 2.24) is 9.55 Å². The molecule has 0 aliphatic heterocycles. The molecule has 0 radical (unpaired) electrons. The van der Waals surface area contributed by atoms with Crippen LogP contribution >= 0.6 is 0 Å². The number of aromatic nitrogens is 2. The van der Waals surface area contributed by atoms with Crippen LogP contribution in [0.3, 0.4) is 0 Å². The molecule has 0 amide bonds. The van der Waals surface area contributed by atoms with Crippen molar-refractivity contribution in [3.63, 3.8) is 0 Å². The van der Waals surface area contributed by atoms with Crippen LogP contribution in [-0.4, -0.2) is 22.1 Å². The largest absolute Gasteiger partial charge is 0.463 e. The Balaban J connectivity index is 1.96. The molecule has 19 heavy (non-hydrogen) atoms. The van der Waals surface area contributed by atoms with Crippen molar-refractivity contribution in [2.75, 3.05) is 6.61 Å². The molecule has 1 aromatic carbocycles. The predicted molar refractivity (Wildman–Crippen MR) is 73.4 cm³/mol. The first-order valence-electron chi connectivity index (χ1n) is 6.17. The third-order valence-electron chi connectivity index (χ3n) is 2.60. The van der Waals surface area contributed by atoms with Gasteiger partial charge in [0.1, 0.15) is 0 Å². The summed E-state index contributed by atoms with van der Waals surface area (Å²) in [5, 5.41) is 0. The molecule has 0 saturated heterocycles. The maximum absolute atomic E-state index is 11.2. The van der Waals surface area contributed by atoms with Gasteiger partial charge in [0.2, 0.25) is 0 Å². The predicted octanol–water partition coefficient (Wildman–Crippen LogP) is 2.51. The molecule has 4 nitrogen and oxygen atoms in total. The lowest BCUT2D eigenvalue weighted by molar-refractivity contribution is -0.137. The van der Waals surface area contributed by atoms with Gasteiger partial charge in [-0.15, -0.1) is 0 Å². The smallest absolute Gasteiger partial charge is 0.330 e. The first-order valence-corrected chi connectivity index (χ1v) is 6.17. The number of esters is 1. The summed E-state index contributed by atoms with van der Waals surface area (Å²) in [7, 11) is 0. The van der Waals surface area contributed by atoms with E-state index in [0.717, 1.165) is 12.1 Å². The molecule has 0 unspecified atom stereocenters. The monoisotopic (exact) mass is 256 g/mol. The number of hydrogen-bond acceptors (Lipinski definition) is 3. The third-order valence-corrected chi connectivity index (χ3v) is 2.60. The average molecular weight is 256 g/mol. The van der Waals surface area contributed by atoms with Crippen molar-refractivity contribution in [2.24, 2.45) is 0 Å². The van der Waals surface area contributed by atoms with Gasteiger partial charge in [-0.05, 0) is 24.1 Å². The minimum Gasteiger partial charge on any atom is -0.463 e. The van der Waals surface area contributed by atoms with E-state index in [1.807, 2.05) is 35.0 Å². The van der Waals surface area contributed by atoms with Crippen molar-refractivity contribution in [1.29, 1.82) is 0 Å². The fraction of sp³-hybridized carbons (Fsp3) is 0.200. The molecule has 0 saturated carbocycles. The van der Waals surface area contributed by atoms with Gasteiger partial charge in [-0.3, -0.25) is 0 Å². The Morgan fingerprint density at radius 2 is 2.16 bits per heavy atom. The summed E-state index contributed by atoms with van der Waals surface area (Å²) in [5.41, 5.74) is 2.16. The molecular formula is C15H16N2O2. The van der Waals surface area contributed by atoms with E-state index in [1.165, 1.54) is 11.6 Å². The molecule has 1 heterocycles. The van der Waals surface area contributed by atoms with Gasteiger partial charge in [-0.2, -0.15) is 0 Å². The van der Waals surface area contributed by atoms with Gasteiger partial charge in [-0.1, -0.05) is 24.3 Å². The topological polar surface area (TPSA) is 44.1 Å². The first kappa shape index (κ1) is 13.1. The highest BCUT2D eigenvalue weighted by atomic mass is 16.5. The molecule has 2 aromatic rings. The highest BCUT2D eigenvalue weighted by molar-refractivity contribution is 5.86. The average Bonchev–Trinajstić information content (AvgIpc) is 2.91. The van der Waals surface area contributed by atoms with Crippen LogP contribution in [0.1, 0.15) is 18.1 Å². The SMILES string of the molecule is CCOC(=O)C=Cc1ccc(Cn2ccnc2)cc1. The number of nitrogens with zero attached hydrogens (tertiary/aromatic N) is 2. The summed E-state index contributed by atoms with van der Waals surface area (Å²) in [6, 6.07) is 8.01. The standard InChI is InChI=1S/C15H16N2O2/c1-2-19-15(18)8-7-13-3-5-14(6-4-13)11-17-10-9-16-12-17/h3-10,12H,2,11H2,1H3. The van der Waals surface area contributed by atoms with E-state index >= 15 is 0 Å². The van der Waals surface area contributed by atoms with Gasteiger partial charge in [0.05, 0.1) is 12.9 Å². The number of carbonyl (C=O) groups is 1. The van der Waals surface area contributed by atoms with Crippen LogP contribution in [0, 0.1) is 0 Å². The van der Waals surface area contributed by atoms with Crippen molar-refractivity contribution < 1.29 is 9.53 Å². The molecule has 0 bridgehead atoms. The van der Waals surface area contributed by atoms with Gasteiger partial charge in [0, 0.05) is 25.0 Å². The molecular weight excluding hydrogens is 240 g/mol. The number of benzene rings is 1.